The summed E-state index contributed by atoms with van der Waals surface area (Å²) >= 11 is 0. The van der Waals surface area contributed by atoms with Crippen LogP contribution in [0.5, 0.6) is 5.75 Å². The predicted molar refractivity (Wildman–Crippen MR) is 81.6 cm³/mol. The van der Waals surface area contributed by atoms with Crippen LogP contribution in [0.4, 0.5) is 13.6 Å². The Morgan fingerprint density at radius 3 is 2.78 bits per heavy atom. The maximum Gasteiger partial charge on any atom is 0.387 e. The second-order valence-corrected chi connectivity index (χ2v) is 5.59. The Labute approximate surface area is 134 Å². The highest BCUT2D eigenvalue weighted by molar-refractivity contribution is 5.74. The lowest BCUT2D eigenvalue weighted by atomic mass is 9.93. The van der Waals surface area contributed by atoms with E-state index in [1.165, 1.54) is 6.07 Å². The predicted octanol–water partition coefficient (Wildman–Crippen LogP) is 2.43. The third-order valence-corrected chi connectivity index (χ3v) is 3.91. The van der Waals surface area contributed by atoms with Gasteiger partial charge in [0.2, 0.25) is 0 Å². The Hall–Kier alpha value is -1.89. The van der Waals surface area contributed by atoms with Crippen LogP contribution in [0.1, 0.15) is 31.2 Å². The number of para-hydroxylation sites is 1. The second kappa shape index (κ2) is 8.67. The molecule has 3 N–H and O–H groups in total. The highest BCUT2D eigenvalue weighted by atomic mass is 19.3. The van der Waals surface area contributed by atoms with Gasteiger partial charge in [0.1, 0.15) is 5.75 Å². The van der Waals surface area contributed by atoms with Gasteiger partial charge in [-0.25, -0.2) is 4.79 Å². The average molecular weight is 328 g/mol. The van der Waals surface area contributed by atoms with E-state index in [1.54, 1.807) is 18.2 Å². The van der Waals surface area contributed by atoms with Gasteiger partial charge < -0.3 is 20.5 Å². The first-order chi connectivity index (χ1) is 11.1. The molecule has 128 valence electrons. The number of aliphatic hydroxyl groups is 1. The normalized spacial score (nSPS) is 21.0. The Bertz CT molecular complexity index is 514. The Kier molecular flexibility index (Phi) is 6.58. The number of hydrogen-bond donors (Lipinski definition) is 3. The van der Waals surface area contributed by atoms with E-state index in [1.807, 2.05) is 0 Å². The fraction of sp³-hybridized carbons (Fsp3) is 0.562. The number of rotatable bonds is 6. The van der Waals surface area contributed by atoms with Crippen molar-refractivity contribution < 1.29 is 23.4 Å². The summed E-state index contributed by atoms with van der Waals surface area (Å²) in [5, 5.41) is 15.2. The van der Waals surface area contributed by atoms with Gasteiger partial charge in [0.15, 0.2) is 0 Å². The maximum absolute atomic E-state index is 12.3. The van der Waals surface area contributed by atoms with Gasteiger partial charge in [-0.05, 0) is 30.9 Å². The summed E-state index contributed by atoms with van der Waals surface area (Å²) in [6.45, 7) is -2.58. The van der Waals surface area contributed by atoms with Crippen LogP contribution in [0, 0.1) is 0 Å². The number of alkyl halides is 2. The first kappa shape index (κ1) is 17.5. The number of urea groups is 1. The molecule has 1 aliphatic rings. The number of halogens is 2. The van der Waals surface area contributed by atoms with Gasteiger partial charge in [0, 0.05) is 6.54 Å². The smallest absolute Gasteiger partial charge is 0.387 e. The number of carbonyl (C=O) groups is 1. The molecule has 0 radical (unpaired) electrons. The van der Waals surface area contributed by atoms with Gasteiger partial charge in [-0.3, -0.25) is 0 Å². The molecule has 1 fully saturated rings. The molecule has 1 aliphatic carbocycles. The molecule has 1 aromatic rings. The number of aliphatic hydroxyl groups excluding tert-OH is 1. The number of ether oxygens (including phenoxy) is 1. The number of nitrogens with one attached hydrogen (secondary N) is 2. The third kappa shape index (κ3) is 5.67. The van der Waals surface area contributed by atoms with Gasteiger partial charge in [-0.15, -0.1) is 0 Å². The van der Waals surface area contributed by atoms with Crippen LogP contribution < -0.4 is 15.4 Å². The molecule has 0 heterocycles. The van der Waals surface area contributed by atoms with Crippen molar-refractivity contribution in [3.05, 3.63) is 29.8 Å². The minimum Gasteiger partial charge on any atom is -0.435 e. The van der Waals surface area contributed by atoms with Crippen molar-refractivity contribution in [2.75, 3.05) is 6.54 Å². The van der Waals surface area contributed by atoms with Crippen molar-refractivity contribution in [2.24, 2.45) is 0 Å². The number of hydrogen-bond acceptors (Lipinski definition) is 3. The molecule has 2 atom stereocenters. The summed E-state index contributed by atoms with van der Waals surface area (Å²) in [4.78, 5) is 11.8. The van der Waals surface area contributed by atoms with E-state index in [4.69, 9.17) is 0 Å². The van der Waals surface area contributed by atoms with Crippen LogP contribution in [-0.4, -0.2) is 36.4 Å². The fourth-order valence-corrected chi connectivity index (χ4v) is 2.73. The van der Waals surface area contributed by atoms with E-state index in [0.29, 0.717) is 18.4 Å². The molecule has 7 heteroatoms. The van der Waals surface area contributed by atoms with Crippen LogP contribution in [0.3, 0.4) is 0 Å². The monoisotopic (exact) mass is 328 g/mol. The molecule has 1 aromatic carbocycles. The average Bonchev–Trinajstić information content (AvgIpc) is 2.51. The molecule has 23 heavy (non-hydrogen) atoms. The van der Waals surface area contributed by atoms with Crippen LogP contribution in [0.15, 0.2) is 24.3 Å². The fourth-order valence-electron chi connectivity index (χ4n) is 2.73. The summed E-state index contributed by atoms with van der Waals surface area (Å²) < 4.78 is 29.1. The maximum atomic E-state index is 12.3. The molecule has 0 aliphatic heterocycles. The van der Waals surface area contributed by atoms with Crippen molar-refractivity contribution in [1.29, 1.82) is 0 Å². The molecule has 1 saturated carbocycles. The zero-order valence-corrected chi connectivity index (χ0v) is 12.8. The van der Waals surface area contributed by atoms with Crippen LogP contribution in [0.2, 0.25) is 0 Å². The Morgan fingerprint density at radius 1 is 1.30 bits per heavy atom. The summed E-state index contributed by atoms with van der Waals surface area (Å²) in [7, 11) is 0. The van der Waals surface area contributed by atoms with Gasteiger partial charge in [0.25, 0.3) is 0 Å². The second-order valence-electron chi connectivity index (χ2n) is 5.59. The lowest BCUT2D eigenvalue weighted by Crippen LogP contribution is -2.49. The molecular weight excluding hydrogens is 306 g/mol. The SMILES string of the molecule is O=C(NCCc1ccccc1OC(F)F)N[C@H]1CCCC[C@H]1O. The highest BCUT2D eigenvalue weighted by Gasteiger charge is 2.24. The lowest BCUT2D eigenvalue weighted by molar-refractivity contribution is -0.0504. The number of amides is 2. The summed E-state index contributed by atoms with van der Waals surface area (Å²) in [5.74, 6) is 0.118. The minimum absolute atomic E-state index is 0.118. The summed E-state index contributed by atoms with van der Waals surface area (Å²) in [6.07, 6.45) is 3.30. The summed E-state index contributed by atoms with van der Waals surface area (Å²) in [6, 6.07) is 5.92. The zero-order valence-electron chi connectivity index (χ0n) is 12.8. The number of benzene rings is 1. The third-order valence-electron chi connectivity index (χ3n) is 3.91. The van der Waals surface area contributed by atoms with Gasteiger partial charge in [-0.2, -0.15) is 8.78 Å². The van der Waals surface area contributed by atoms with Crippen molar-refractivity contribution in [1.82, 2.24) is 10.6 Å². The highest BCUT2D eigenvalue weighted by Crippen LogP contribution is 2.20. The molecule has 0 saturated heterocycles. The Balaban J connectivity index is 1.77. The van der Waals surface area contributed by atoms with E-state index in [-0.39, 0.29) is 24.4 Å². The van der Waals surface area contributed by atoms with Crippen molar-refractivity contribution in [2.45, 2.75) is 50.9 Å². The molecule has 5 nitrogen and oxygen atoms in total. The quantitative estimate of drug-likeness (QED) is 0.751. The molecule has 0 unspecified atom stereocenters. The largest absolute Gasteiger partial charge is 0.435 e. The first-order valence-electron chi connectivity index (χ1n) is 7.81. The minimum atomic E-state index is -2.87. The lowest BCUT2D eigenvalue weighted by Gasteiger charge is -2.28. The standard InChI is InChI=1S/C16H22F2N2O3/c17-15(18)23-14-8-4-1-5-11(14)9-10-19-16(22)20-12-6-2-3-7-13(12)21/h1,4-5,8,12-13,15,21H,2-3,6-7,9-10H2,(H2,19,20,22)/t12-,13+/m0/s1. The van der Waals surface area contributed by atoms with Gasteiger partial charge in [-0.1, -0.05) is 31.0 Å². The van der Waals surface area contributed by atoms with Crippen LogP contribution >= 0.6 is 0 Å². The van der Waals surface area contributed by atoms with Crippen LogP contribution in [-0.2, 0) is 6.42 Å². The summed E-state index contributed by atoms with van der Waals surface area (Å²) in [5.41, 5.74) is 0.603. The molecule has 0 bridgehead atoms. The van der Waals surface area contributed by atoms with Crippen molar-refractivity contribution in [3.8, 4) is 5.75 Å². The van der Waals surface area contributed by atoms with Gasteiger partial charge in [0.05, 0.1) is 12.1 Å². The van der Waals surface area contributed by atoms with E-state index >= 15 is 0 Å². The van der Waals surface area contributed by atoms with E-state index in [0.717, 1.165) is 19.3 Å². The van der Waals surface area contributed by atoms with E-state index < -0.39 is 12.7 Å². The molecule has 2 rings (SSSR count). The van der Waals surface area contributed by atoms with E-state index in [9.17, 15) is 18.7 Å². The Morgan fingerprint density at radius 2 is 2.04 bits per heavy atom. The van der Waals surface area contributed by atoms with Gasteiger partial charge >= 0.3 is 12.6 Å². The first-order valence-corrected chi connectivity index (χ1v) is 7.81. The van der Waals surface area contributed by atoms with Crippen molar-refractivity contribution in [3.63, 3.8) is 0 Å². The zero-order chi connectivity index (χ0) is 16.7. The topological polar surface area (TPSA) is 70.6 Å². The molecule has 0 spiro atoms. The van der Waals surface area contributed by atoms with Crippen LogP contribution in [0.25, 0.3) is 0 Å². The number of carbonyl (C=O) groups excluding carboxylic acids is 1. The molecule has 2 amide bonds. The van der Waals surface area contributed by atoms with Crippen molar-refractivity contribution >= 4 is 6.03 Å². The molecular formula is C16H22F2N2O3. The van der Waals surface area contributed by atoms with E-state index in [2.05, 4.69) is 15.4 Å². The molecule has 0 aromatic heterocycles.